The number of ether oxygens (including phenoxy) is 1. The van der Waals surface area contributed by atoms with Crippen molar-refractivity contribution in [2.45, 2.75) is 0 Å². The number of aromatic nitrogens is 2. The first-order valence-corrected chi connectivity index (χ1v) is 5.44. The van der Waals surface area contributed by atoms with E-state index >= 15 is 0 Å². The molecule has 0 aliphatic heterocycles. The van der Waals surface area contributed by atoms with E-state index in [0.29, 0.717) is 11.3 Å². The molecule has 0 bridgehead atoms. The Labute approximate surface area is 100 Å². The van der Waals surface area contributed by atoms with Crippen molar-refractivity contribution in [3.63, 3.8) is 0 Å². The van der Waals surface area contributed by atoms with Gasteiger partial charge in [-0.3, -0.25) is 4.79 Å². The van der Waals surface area contributed by atoms with E-state index < -0.39 is 11.6 Å². The van der Waals surface area contributed by atoms with Gasteiger partial charge in [-0.1, -0.05) is 0 Å². The molecule has 1 aromatic carbocycles. The van der Waals surface area contributed by atoms with Crippen molar-refractivity contribution in [2.75, 3.05) is 12.8 Å². The zero-order valence-corrected chi connectivity index (χ0v) is 9.73. The zero-order chi connectivity index (χ0) is 12.4. The van der Waals surface area contributed by atoms with E-state index in [-0.39, 0.29) is 5.13 Å². The van der Waals surface area contributed by atoms with Crippen molar-refractivity contribution in [1.82, 2.24) is 8.94 Å². The van der Waals surface area contributed by atoms with E-state index in [4.69, 9.17) is 10.5 Å². The average molecular weight is 251 g/mol. The predicted molar refractivity (Wildman–Crippen MR) is 63.5 cm³/mol. The lowest BCUT2D eigenvalue weighted by atomic mass is 10.2. The fraction of sp³-hybridized carbons (Fsp3) is 0.100. The van der Waals surface area contributed by atoms with Crippen LogP contribution in [0, 0.1) is 0 Å². The van der Waals surface area contributed by atoms with Crippen LogP contribution in [0.5, 0.6) is 5.75 Å². The zero-order valence-electron chi connectivity index (χ0n) is 8.91. The minimum atomic E-state index is -0.659. The number of nitrogens with zero attached hydrogens (tertiary/aromatic N) is 2. The maximum absolute atomic E-state index is 11.9. The number of carbonyl (C=O) groups is 1. The number of hydrogen-bond donors (Lipinski definition) is 1. The third-order valence-electron chi connectivity index (χ3n) is 2.09. The van der Waals surface area contributed by atoms with Gasteiger partial charge in [-0.2, -0.15) is 8.94 Å². The maximum Gasteiger partial charge on any atom is 0.367 e. The van der Waals surface area contributed by atoms with Gasteiger partial charge in [0.1, 0.15) is 5.75 Å². The second-order valence-corrected chi connectivity index (χ2v) is 4.12. The summed E-state index contributed by atoms with van der Waals surface area (Å²) in [5.74, 6) is 0.185. The van der Waals surface area contributed by atoms with Gasteiger partial charge in [0, 0.05) is 5.56 Å². The molecule has 0 aliphatic rings. The topological polar surface area (TPSA) is 87.2 Å². The Morgan fingerprint density at radius 3 is 2.53 bits per heavy atom. The van der Waals surface area contributed by atoms with Gasteiger partial charge in [-0.15, -0.1) is 0 Å². The highest BCUT2D eigenvalue weighted by atomic mass is 32.1. The van der Waals surface area contributed by atoms with Crippen molar-refractivity contribution in [3.8, 4) is 5.75 Å². The van der Waals surface area contributed by atoms with Gasteiger partial charge in [0.2, 0.25) is 5.13 Å². The van der Waals surface area contributed by atoms with E-state index in [1.54, 1.807) is 24.3 Å². The van der Waals surface area contributed by atoms with Gasteiger partial charge in [-0.05, 0) is 35.8 Å². The fourth-order valence-electron chi connectivity index (χ4n) is 1.27. The molecule has 1 aromatic heterocycles. The van der Waals surface area contributed by atoms with E-state index in [9.17, 15) is 9.59 Å². The first-order chi connectivity index (χ1) is 8.11. The second kappa shape index (κ2) is 4.38. The summed E-state index contributed by atoms with van der Waals surface area (Å²) in [5.41, 5.74) is 5.07. The summed E-state index contributed by atoms with van der Waals surface area (Å²) in [6.07, 6.45) is 0. The molecule has 7 heteroatoms. The van der Waals surface area contributed by atoms with Gasteiger partial charge in [-0.25, -0.2) is 4.79 Å². The van der Waals surface area contributed by atoms with E-state index in [1.165, 1.54) is 7.11 Å². The minimum Gasteiger partial charge on any atom is -0.497 e. The molecule has 0 fully saturated rings. The molecule has 0 unspecified atom stereocenters. The smallest absolute Gasteiger partial charge is 0.367 e. The van der Waals surface area contributed by atoms with Crippen molar-refractivity contribution in [3.05, 3.63) is 40.3 Å². The number of benzene rings is 1. The molecular weight excluding hydrogens is 242 g/mol. The van der Waals surface area contributed by atoms with E-state index in [1.807, 2.05) is 0 Å². The molecule has 0 atom stereocenters. The maximum atomic E-state index is 11.9. The van der Waals surface area contributed by atoms with Crippen LogP contribution >= 0.6 is 11.5 Å². The first-order valence-electron chi connectivity index (χ1n) is 4.66. The number of hydrogen-bond acceptors (Lipinski definition) is 6. The van der Waals surface area contributed by atoms with Gasteiger partial charge >= 0.3 is 5.69 Å². The van der Waals surface area contributed by atoms with Crippen LogP contribution in [0.3, 0.4) is 0 Å². The summed E-state index contributed by atoms with van der Waals surface area (Å²) < 4.78 is 5.89. The lowest BCUT2D eigenvalue weighted by Gasteiger charge is -2.01. The summed E-state index contributed by atoms with van der Waals surface area (Å²) in [4.78, 5) is 26.7. The van der Waals surface area contributed by atoms with Crippen molar-refractivity contribution >= 4 is 22.6 Å². The van der Waals surface area contributed by atoms with Gasteiger partial charge in [0.15, 0.2) is 0 Å². The minimum absolute atomic E-state index is 0.0665. The Morgan fingerprint density at radius 2 is 2.06 bits per heavy atom. The second-order valence-electron chi connectivity index (χ2n) is 3.15. The monoisotopic (exact) mass is 251 g/mol. The Bertz CT molecular complexity index is 600. The Hall–Kier alpha value is -2.15. The fourth-order valence-corrected chi connectivity index (χ4v) is 1.89. The van der Waals surface area contributed by atoms with E-state index in [2.05, 4.69) is 4.98 Å². The quantitative estimate of drug-likeness (QED) is 0.843. The first kappa shape index (κ1) is 11.3. The Kier molecular flexibility index (Phi) is 2.92. The number of nitrogen functional groups attached to an aromatic ring is 1. The highest BCUT2D eigenvalue weighted by molar-refractivity contribution is 7.11. The molecule has 0 saturated heterocycles. The SMILES string of the molecule is COc1ccc(C(=O)n2sc(N)nc2=O)cc1. The molecule has 0 amide bonds. The van der Waals surface area contributed by atoms with Gasteiger partial charge in [0.25, 0.3) is 5.91 Å². The number of anilines is 1. The summed E-state index contributed by atoms with van der Waals surface area (Å²) in [6, 6.07) is 6.43. The highest BCUT2D eigenvalue weighted by Crippen LogP contribution is 2.13. The van der Waals surface area contributed by atoms with Crippen LogP contribution in [-0.2, 0) is 0 Å². The largest absolute Gasteiger partial charge is 0.497 e. The van der Waals surface area contributed by atoms with Crippen molar-refractivity contribution < 1.29 is 9.53 Å². The summed E-state index contributed by atoms with van der Waals surface area (Å²) in [5, 5.41) is 0.0665. The van der Waals surface area contributed by atoms with Gasteiger partial charge in [0.05, 0.1) is 7.11 Å². The highest BCUT2D eigenvalue weighted by Gasteiger charge is 2.14. The Balaban J connectivity index is 2.37. The van der Waals surface area contributed by atoms with Crippen LogP contribution in [0.2, 0.25) is 0 Å². The average Bonchev–Trinajstić information content (AvgIpc) is 2.68. The molecule has 2 N–H and O–H groups in total. The van der Waals surface area contributed by atoms with Crippen LogP contribution in [0.25, 0.3) is 0 Å². The van der Waals surface area contributed by atoms with Crippen LogP contribution < -0.4 is 16.2 Å². The molecule has 6 nitrogen and oxygen atoms in total. The molecule has 0 aliphatic carbocycles. The predicted octanol–water partition coefficient (Wildman–Crippen LogP) is 0.584. The molecule has 1 heterocycles. The van der Waals surface area contributed by atoms with Crippen LogP contribution in [-0.4, -0.2) is 22.0 Å². The van der Waals surface area contributed by atoms with Crippen LogP contribution in [0.1, 0.15) is 10.4 Å². The lowest BCUT2D eigenvalue weighted by Crippen LogP contribution is -2.23. The van der Waals surface area contributed by atoms with Crippen molar-refractivity contribution in [2.24, 2.45) is 0 Å². The van der Waals surface area contributed by atoms with Crippen molar-refractivity contribution in [1.29, 1.82) is 0 Å². The molecular formula is C10H9N3O3S. The molecule has 2 rings (SSSR count). The summed E-state index contributed by atoms with van der Waals surface area (Å²) in [6.45, 7) is 0. The third-order valence-corrected chi connectivity index (χ3v) is 2.87. The summed E-state index contributed by atoms with van der Waals surface area (Å²) in [7, 11) is 1.53. The standard InChI is InChI=1S/C10H9N3O3S/c1-16-7-4-2-6(3-5-7)8(14)13-10(15)12-9(11)17-13/h2-5H,1H3,(H2,11,12,15). The lowest BCUT2D eigenvalue weighted by molar-refractivity contribution is 0.0967. The molecule has 0 radical (unpaired) electrons. The van der Waals surface area contributed by atoms with Gasteiger partial charge < -0.3 is 10.5 Å². The molecule has 0 spiro atoms. The van der Waals surface area contributed by atoms with E-state index in [0.717, 1.165) is 15.5 Å². The molecule has 0 saturated carbocycles. The Morgan fingerprint density at radius 1 is 1.41 bits per heavy atom. The van der Waals surface area contributed by atoms with Crippen LogP contribution in [0.15, 0.2) is 29.1 Å². The number of nitrogens with two attached hydrogens (primary N) is 1. The molecule has 88 valence electrons. The molecule has 2 aromatic rings. The molecule has 17 heavy (non-hydrogen) atoms. The summed E-state index contributed by atoms with van der Waals surface area (Å²) >= 11 is 0.817. The van der Waals surface area contributed by atoms with Crippen LogP contribution in [0.4, 0.5) is 5.13 Å². The number of rotatable bonds is 2. The number of carbonyl (C=O) groups excluding carboxylic acids is 1. The normalized spacial score (nSPS) is 10.2. The third kappa shape index (κ3) is 2.18. The number of methoxy groups -OCH3 is 1.